The van der Waals surface area contributed by atoms with Gasteiger partial charge in [0.05, 0.1) is 6.54 Å². The average Bonchev–Trinajstić information content (AvgIpc) is 2.48. The number of nitrogens with zero attached hydrogens (tertiary/aromatic N) is 2. The summed E-state index contributed by atoms with van der Waals surface area (Å²) in [4.78, 5) is 16.9. The number of carbonyl (C=O) groups excluding carboxylic acids is 1. The lowest BCUT2D eigenvalue weighted by Crippen LogP contribution is -2.43. The van der Waals surface area contributed by atoms with Gasteiger partial charge in [-0.05, 0) is 52.0 Å². The Hall–Kier alpha value is -1.19. The highest BCUT2D eigenvalue weighted by atomic mass is 16.1. The number of Topliss-reactive ketones (excluding diaryl/α,β-unsaturated/α-hetero) is 1. The number of hydrogen-bond donors (Lipinski definition) is 0. The molecular formula is C17H26N2O. The molecule has 3 nitrogen and oxygen atoms in total. The summed E-state index contributed by atoms with van der Waals surface area (Å²) in [6.45, 7) is 4.92. The molecular weight excluding hydrogens is 248 g/mol. The van der Waals surface area contributed by atoms with Gasteiger partial charge in [0.25, 0.3) is 0 Å². The minimum atomic E-state index is 0.231. The molecule has 0 aromatic heterocycles. The van der Waals surface area contributed by atoms with Gasteiger partial charge in [-0.3, -0.25) is 9.69 Å². The van der Waals surface area contributed by atoms with Gasteiger partial charge in [-0.25, -0.2) is 0 Å². The van der Waals surface area contributed by atoms with E-state index in [0.717, 1.165) is 37.9 Å². The fourth-order valence-electron chi connectivity index (χ4n) is 2.81. The normalized spacial score (nSPS) is 17.6. The van der Waals surface area contributed by atoms with Gasteiger partial charge >= 0.3 is 0 Å². The largest absolute Gasteiger partial charge is 0.306 e. The SMILES string of the molecule is CCc1ccc(C(=O)CN(C)C2CCN(C)CC2)cc1. The molecule has 0 amide bonds. The van der Waals surface area contributed by atoms with Crippen LogP contribution in [0.2, 0.25) is 0 Å². The first kappa shape index (κ1) is 15.2. The molecule has 2 rings (SSSR count). The molecule has 1 aliphatic heterocycles. The van der Waals surface area contributed by atoms with E-state index < -0.39 is 0 Å². The van der Waals surface area contributed by atoms with E-state index in [1.807, 2.05) is 12.1 Å². The summed E-state index contributed by atoms with van der Waals surface area (Å²) in [7, 11) is 4.24. The van der Waals surface area contributed by atoms with E-state index in [9.17, 15) is 4.79 Å². The zero-order chi connectivity index (χ0) is 14.5. The van der Waals surface area contributed by atoms with Crippen LogP contribution in [0.1, 0.15) is 35.7 Å². The van der Waals surface area contributed by atoms with Crippen molar-refractivity contribution >= 4 is 5.78 Å². The van der Waals surface area contributed by atoms with E-state index >= 15 is 0 Å². The number of carbonyl (C=O) groups is 1. The Bertz CT molecular complexity index is 433. The fraction of sp³-hybridized carbons (Fsp3) is 0.588. The Morgan fingerprint density at radius 1 is 1.25 bits per heavy atom. The molecule has 1 fully saturated rings. The Kier molecular flexibility index (Phi) is 5.32. The molecule has 0 radical (unpaired) electrons. The summed E-state index contributed by atoms with van der Waals surface area (Å²) in [6.07, 6.45) is 3.34. The second-order valence-corrected chi connectivity index (χ2v) is 5.92. The van der Waals surface area contributed by atoms with Crippen LogP contribution in [0, 0.1) is 0 Å². The van der Waals surface area contributed by atoms with Gasteiger partial charge in [-0.1, -0.05) is 31.2 Å². The third-order valence-corrected chi connectivity index (χ3v) is 4.39. The highest BCUT2D eigenvalue weighted by molar-refractivity contribution is 5.97. The van der Waals surface area contributed by atoms with Crippen LogP contribution in [0.4, 0.5) is 0 Å². The molecule has 0 saturated carbocycles. The van der Waals surface area contributed by atoms with E-state index in [0.29, 0.717) is 12.6 Å². The Morgan fingerprint density at radius 2 is 1.85 bits per heavy atom. The van der Waals surface area contributed by atoms with Crippen molar-refractivity contribution in [3.63, 3.8) is 0 Å². The van der Waals surface area contributed by atoms with E-state index in [1.165, 1.54) is 5.56 Å². The molecule has 0 unspecified atom stereocenters. The van der Waals surface area contributed by atoms with Crippen molar-refractivity contribution < 1.29 is 4.79 Å². The lowest BCUT2D eigenvalue weighted by molar-refractivity contribution is 0.0871. The average molecular weight is 274 g/mol. The maximum absolute atomic E-state index is 12.3. The van der Waals surface area contributed by atoms with Gasteiger partial charge in [0.2, 0.25) is 0 Å². The number of likely N-dealkylation sites (tertiary alicyclic amines) is 1. The number of piperidine rings is 1. The standard InChI is InChI=1S/C17H26N2O/c1-4-14-5-7-15(8-6-14)17(20)13-19(3)16-9-11-18(2)12-10-16/h5-8,16H,4,9-13H2,1-3H3. The van der Waals surface area contributed by atoms with Crippen molar-refractivity contribution in [2.45, 2.75) is 32.2 Å². The van der Waals surface area contributed by atoms with Crippen molar-refractivity contribution in [1.29, 1.82) is 0 Å². The minimum Gasteiger partial charge on any atom is -0.306 e. The smallest absolute Gasteiger partial charge is 0.176 e. The lowest BCUT2D eigenvalue weighted by atomic mass is 10.0. The van der Waals surface area contributed by atoms with Crippen LogP contribution in [0.5, 0.6) is 0 Å². The molecule has 1 aromatic rings. The topological polar surface area (TPSA) is 23.6 Å². The summed E-state index contributed by atoms with van der Waals surface area (Å²) in [6, 6.07) is 8.59. The molecule has 20 heavy (non-hydrogen) atoms. The fourth-order valence-corrected chi connectivity index (χ4v) is 2.81. The second-order valence-electron chi connectivity index (χ2n) is 5.92. The molecule has 3 heteroatoms. The molecule has 1 aromatic carbocycles. The van der Waals surface area contributed by atoms with Gasteiger partial charge in [-0.15, -0.1) is 0 Å². The Morgan fingerprint density at radius 3 is 2.40 bits per heavy atom. The van der Waals surface area contributed by atoms with E-state index in [2.05, 4.69) is 43.0 Å². The van der Waals surface area contributed by atoms with Gasteiger partial charge in [0.1, 0.15) is 0 Å². The van der Waals surface area contributed by atoms with Gasteiger partial charge in [0, 0.05) is 11.6 Å². The van der Waals surface area contributed by atoms with Crippen LogP contribution >= 0.6 is 0 Å². The zero-order valence-electron chi connectivity index (χ0n) is 12.9. The summed E-state index contributed by atoms with van der Waals surface area (Å²) >= 11 is 0. The summed E-state index contributed by atoms with van der Waals surface area (Å²) in [5, 5.41) is 0. The van der Waals surface area contributed by atoms with Crippen LogP contribution < -0.4 is 0 Å². The third kappa shape index (κ3) is 3.90. The molecule has 110 valence electrons. The van der Waals surface area contributed by atoms with Crippen LogP contribution in [-0.4, -0.2) is 55.4 Å². The highest BCUT2D eigenvalue weighted by Crippen LogP contribution is 2.15. The quantitative estimate of drug-likeness (QED) is 0.771. The summed E-state index contributed by atoms with van der Waals surface area (Å²) < 4.78 is 0. The molecule has 1 heterocycles. The van der Waals surface area contributed by atoms with Crippen LogP contribution in [0.15, 0.2) is 24.3 Å². The molecule has 1 aliphatic rings. The van der Waals surface area contributed by atoms with Crippen molar-refractivity contribution in [2.24, 2.45) is 0 Å². The molecule has 0 aliphatic carbocycles. The van der Waals surface area contributed by atoms with Gasteiger partial charge in [0.15, 0.2) is 5.78 Å². The molecule has 0 atom stereocenters. The predicted octanol–water partition coefficient (Wildman–Crippen LogP) is 2.46. The maximum atomic E-state index is 12.3. The van der Waals surface area contributed by atoms with E-state index in [-0.39, 0.29) is 5.78 Å². The van der Waals surface area contributed by atoms with Gasteiger partial charge in [-0.2, -0.15) is 0 Å². The maximum Gasteiger partial charge on any atom is 0.176 e. The number of ketones is 1. The number of benzene rings is 1. The molecule has 0 N–H and O–H groups in total. The summed E-state index contributed by atoms with van der Waals surface area (Å²) in [5.74, 6) is 0.231. The number of hydrogen-bond acceptors (Lipinski definition) is 3. The van der Waals surface area contributed by atoms with Crippen molar-refractivity contribution in [1.82, 2.24) is 9.80 Å². The van der Waals surface area contributed by atoms with E-state index in [4.69, 9.17) is 0 Å². The number of likely N-dealkylation sites (N-methyl/N-ethyl adjacent to an activating group) is 1. The van der Waals surface area contributed by atoms with Crippen molar-refractivity contribution in [3.05, 3.63) is 35.4 Å². The minimum absolute atomic E-state index is 0.231. The molecule has 1 saturated heterocycles. The van der Waals surface area contributed by atoms with Crippen LogP contribution in [0.3, 0.4) is 0 Å². The molecule has 0 spiro atoms. The monoisotopic (exact) mass is 274 g/mol. The predicted molar refractivity (Wildman–Crippen MR) is 83.3 cm³/mol. The Balaban J connectivity index is 1.89. The first-order chi connectivity index (χ1) is 9.60. The van der Waals surface area contributed by atoms with E-state index in [1.54, 1.807) is 0 Å². The number of rotatable bonds is 5. The first-order valence-corrected chi connectivity index (χ1v) is 7.61. The first-order valence-electron chi connectivity index (χ1n) is 7.61. The van der Waals surface area contributed by atoms with Crippen LogP contribution in [-0.2, 0) is 6.42 Å². The summed E-state index contributed by atoms with van der Waals surface area (Å²) in [5.41, 5.74) is 2.12. The van der Waals surface area contributed by atoms with Crippen molar-refractivity contribution in [2.75, 3.05) is 33.7 Å². The van der Waals surface area contributed by atoms with Gasteiger partial charge < -0.3 is 4.90 Å². The second kappa shape index (κ2) is 7.00. The number of aryl methyl sites for hydroxylation is 1. The highest BCUT2D eigenvalue weighted by Gasteiger charge is 2.22. The third-order valence-electron chi connectivity index (χ3n) is 4.39. The molecule has 0 bridgehead atoms. The van der Waals surface area contributed by atoms with Crippen LogP contribution in [0.25, 0.3) is 0 Å². The Labute approximate surface area is 122 Å². The lowest BCUT2D eigenvalue weighted by Gasteiger charge is -2.34. The zero-order valence-corrected chi connectivity index (χ0v) is 12.9. The van der Waals surface area contributed by atoms with Crippen molar-refractivity contribution in [3.8, 4) is 0 Å².